The number of amides is 2. The van der Waals surface area contributed by atoms with Crippen LogP contribution >= 0.6 is 0 Å². The maximum absolute atomic E-state index is 11.8. The van der Waals surface area contributed by atoms with Crippen LogP contribution in [0.15, 0.2) is 23.0 Å². The second-order valence-corrected chi connectivity index (χ2v) is 6.34. The van der Waals surface area contributed by atoms with E-state index < -0.39 is 5.79 Å². The molecule has 3 rings (SSSR count). The van der Waals surface area contributed by atoms with Gasteiger partial charge in [-0.1, -0.05) is 6.92 Å². The highest BCUT2D eigenvalue weighted by Gasteiger charge is 2.43. The van der Waals surface area contributed by atoms with Crippen LogP contribution in [-0.2, 0) is 16.0 Å². The van der Waals surface area contributed by atoms with E-state index in [0.717, 1.165) is 37.2 Å². The molecule has 2 heterocycles. The number of nitrogens with one attached hydrogen (secondary N) is 2. The summed E-state index contributed by atoms with van der Waals surface area (Å²) in [5.74, 6) is 0.357. The average Bonchev–Trinajstić information content (AvgIpc) is 3.17. The topological polar surface area (TPSA) is 72.7 Å². The summed E-state index contributed by atoms with van der Waals surface area (Å²) in [6, 6.07) is 1.62. The van der Waals surface area contributed by atoms with E-state index in [1.165, 1.54) is 0 Å². The Hall–Kier alpha value is -1.53. The van der Waals surface area contributed by atoms with Crippen molar-refractivity contribution >= 4 is 6.03 Å². The zero-order chi connectivity index (χ0) is 15.4. The molecule has 1 saturated heterocycles. The predicted molar refractivity (Wildman–Crippen MR) is 80.1 cm³/mol. The molecule has 1 aromatic rings. The van der Waals surface area contributed by atoms with Crippen LogP contribution in [0.2, 0.25) is 0 Å². The van der Waals surface area contributed by atoms with Gasteiger partial charge in [0.1, 0.15) is 6.10 Å². The fraction of sp³-hybridized carbons (Fsp3) is 0.688. The lowest BCUT2D eigenvalue weighted by Crippen LogP contribution is -2.41. The molecule has 6 nitrogen and oxygen atoms in total. The number of rotatable bonds is 4. The molecular weight excluding hydrogens is 284 g/mol. The number of carbonyl (C=O) groups is 1. The van der Waals surface area contributed by atoms with Crippen LogP contribution in [0.1, 0.15) is 38.2 Å². The number of hydrogen-bond donors (Lipinski definition) is 2. The number of urea groups is 1. The van der Waals surface area contributed by atoms with Gasteiger partial charge in [0.2, 0.25) is 0 Å². The van der Waals surface area contributed by atoms with Gasteiger partial charge in [-0.25, -0.2) is 4.79 Å². The summed E-state index contributed by atoms with van der Waals surface area (Å²) >= 11 is 0. The summed E-state index contributed by atoms with van der Waals surface area (Å²) < 4.78 is 16.9. The van der Waals surface area contributed by atoms with Crippen molar-refractivity contribution in [3.63, 3.8) is 0 Å². The van der Waals surface area contributed by atoms with Gasteiger partial charge in [-0.2, -0.15) is 0 Å². The Kier molecular flexibility index (Phi) is 4.69. The van der Waals surface area contributed by atoms with E-state index in [4.69, 9.17) is 13.9 Å². The van der Waals surface area contributed by atoms with Gasteiger partial charge in [0.25, 0.3) is 0 Å². The third-order valence-electron chi connectivity index (χ3n) is 4.47. The van der Waals surface area contributed by atoms with Crippen LogP contribution in [0.4, 0.5) is 4.79 Å². The van der Waals surface area contributed by atoms with Crippen LogP contribution in [0, 0.1) is 5.92 Å². The minimum atomic E-state index is -0.397. The summed E-state index contributed by atoms with van der Waals surface area (Å²) in [5.41, 5.74) is 0.936. The van der Waals surface area contributed by atoms with Gasteiger partial charge in [0.15, 0.2) is 5.79 Å². The van der Waals surface area contributed by atoms with Crippen molar-refractivity contribution in [2.24, 2.45) is 5.92 Å². The van der Waals surface area contributed by atoms with Crippen molar-refractivity contribution in [3.8, 4) is 0 Å². The Balaban J connectivity index is 1.36. The van der Waals surface area contributed by atoms with Crippen molar-refractivity contribution in [3.05, 3.63) is 24.2 Å². The van der Waals surface area contributed by atoms with Crippen molar-refractivity contribution in [2.45, 2.75) is 51.0 Å². The maximum Gasteiger partial charge on any atom is 0.315 e. The first-order chi connectivity index (χ1) is 10.7. The minimum Gasteiger partial charge on any atom is -0.472 e. The molecule has 0 bridgehead atoms. The summed E-state index contributed by atoms with van der Waals surface area (Å²) in [5, 5.41) is 5.61. The third-order valence-corrected chi connectivity index (χ3v) is 4.47. The molecule has 22 heavy (non-hydrogen) atoms. The first kappa shape index (κ1) is 15.4. The summed E-state index contributed by atoms with van der Waals surface area (Å²) in [4.78, 5) is 11.8. The van der Waals surface area contributed by atoms with Crippen LogP contribution in [0.25, 0.3) is 0 Å². The van der Waals surface area contributed by atoms with E-state index in [1.807, 2.05) is 6.07 Å². The molecule has 0 radical (unpaired) electrons. The monoisotopic (exact) mass is 308 g/mol. The second-order valence-electron chi connectivity index (χ2n) is 6.34. The van der Waals surface area contributed by atoms with Gasteiger partial charge in [-0.15, -0.1) is 0 Å². The number of carbonyl (C=O) groups excluding carboxylic acids is 1. The minimum absolute atomic E-state index is 0.0620. The van der Waals surface area contributed by atoms with Crippen molar-refractivity contribution < 1.29 is 18.7 Å². The molecule has 2 N–H and O–H groups in total. The average molecular weight is 308 g/mol. The first-order valence-electron chi connectivity index (χ1n) is 8.00. The Morgan fingerprint density at radius 1 is 1.36 bits per heavy atom. The maximum atomic E-state index is 11.8. The predicted octanol–water partition coefficient (Wildman–Crippen LogP) is 2.40. The van der Waals surface area contributed by atoms with Gasteiger partial charge >= 0.3 is 6.03 Å². The van der Waals surface area contributed by atoms with Gasteiger partial charge in [0.05, 0.1) is 19.1 Å². The van der Waals surface area contributed by atoms with E-state index in [2.05, 4.69) is 17.6 Å². The lowest BCUT2D eigenvalue weighted by Gasteiger charge is -2.34. The SMILES string of the molecule is CC1CCC2(CC1)OC[C@H](CNC(=O)NCc1ccoc1)O2. The van der Waals surface area contributed by atoms with Crippen LogP contribution < -0.4 is 10.6 Å². The summed E-state index contributed by atoms with van der Waals surface area (Å²) in [6.45, 7) is 3.74. The molecule has 0 aromatic carbocycles. The fourth-order valence-corrected chi connectivity index (χ4v) is 3.03. The van der Waals surface area contributed by atoms with Crippen LogP contribution in [0.5, 0.6) is 0 Å². The molecular formula is C16H24N2O4. The fourth-order valence-electron chi connectivity index (χ4n) is 3.03. The lowest BCUT2D eigenvalue weighted by atomic mass is 9.86. The molecule has 122 valence electrons. The zero-order valence-electron chi connectivity index (χ0n) is 13.0. The highest BCUT2D eigenvalue weighted by Crippen LogP contribution is 2.39. The molecule has 2 fully saturated rings. The Morgan fingerprint density at radius 2 is 2.18 bits per heavy atom. The van der Waals surface area contributed by atoms with Gasteiger partial charge in [-0.05, 0) is 24.8 Å². The molecule has 1 saturated carbocycles. The molecule has 2 amide bonds. The van der Waals surface area contributed by atoms with Crippen LogP contribution in [0.3, 0.4) is 0 Å². The van der Waals surface area contributed by atoms with Crippen molar-refractivity contribution in [1.82, 2.24) is 10.6 Å². The number of ether oxygens (including phenoxy) is 2. The molecule has 1 atom stereocenters. The standard InChI is InChI=1S/C16H24N2O4/c1-12-2-5-16(6-3-12)21-11-14(22-16)9-18-15(19)17-8-13-4-7-20-10-13/h4,7,10,12,14H,2-3,5-6,8-9,11H2,1H3,(H2,17,18,19)/t12?,14-,16?/m0/s1. The van der Waals surface area contributed by atoms with Crippen molar-refractivity contribution in [2.75, 3.05) is 13.2 Å². The van der Waals surface area contributed by atoms with E-state index in [0.29, 0.717) is 19.7 Å². The lowest BCUT2D eigenvalue weighted by molar-refractivity contribution is -0.191. The van der Waals surface area contributed by atoms with E-state index >= 15 is 0 Å². The number of hydrogen-bond acceptors (Lipinski definition) is 4. The van der Waals surface area contributed by atoms with E-state index in [9.17, 15) is 4.79 Å². The number of furan rings is 1. The highest BCUT2D eigenvalue weighted by molar-refractivity contribution is 5.73. The highest BCUT2D eigenvalue weighted by atomic mass is 16.7. The molecule has 1 spiro atoms. The quantitative estimate of drug-likeness (QED) is 0.896. The van der Waals surface area contributed by atoms with Gasteiger partial charge in [-0.3, -0.25) is 0 Å². The van der Waals surface area contributed by atoms with Gasteiger partial charge < -0.3 is 24.5 Å². The second kappa shape index (κ2) is 6.71. The van der Waals surface area contributed by atoms with E-state index in [1.54, 1.807) is 12.5 Å². The molecule has 1 aromatic heterocycles. The molecule has 0 unspecified atom stereocenters. The van der Waals surface area contributed by atoms with E-state index in [-0.39, 0.29) is 12.1 Å². The molecule has 2 aliphatic rings. The van der Waals surface area contributed by atoms with Crippen LogP contribution in [-0.4, -0.2) is 31.1 Å². The Morgan fingerprint density at radius 3 is 2.91 bits per heavy atom. The van der Waals surface area contributed by atoms with Crippen molar-refractivity contribution in [1.29, 1.82) is 0 Å². The molecule has 6 heteroatoms. The first-order valence-corrected chi connectivity index (χ1v) is 8.00. The molecule has 1 aliphatic heterocycles. The normalized spacial score (nSPS) is 31.3. The summed E-state index contributed by atoms with van der Waals surface area (Å²) in [6.07, 6.45) is 7.34. The third kappa shape index (κ3) is 3.81. The van der Waals surface area contributed by atoms with Gasteiger partial charge in [0, 0.05) is 31.5 Å². The Bertz CT molecular complexity index is 480. The Labute approximate surface area is 130 Å². The largest absolute Gasteiger partial charge is 0.472 e. The molecule has 1 aliphatic carbocycles. The summed E-state index contributed by atoms with van der Waals surface area (Å²) in [7, 11) is 0. The zero-order valence-corrected chi connectivity index (χ0v) is 13.0. The smallest absolute Gasteiger partial charge is 0.315 e.